The highest BCUT2D eigenvalue weighted by atomic mass is 32.1. The Labute approximate surface area is 146 Å². The van der Waals surface area contributed by atoms with Gasteiger partial charge in [-0.15, -0.1) is 5.92 Å². The number of hydrogen-bond acceptors (Lipinski definition) is 5. The van der Waals surface area contributed by atoms with Gasteiger partial charge in [-0.2, -0.15) is 0 Å². The fraction of sp³-hybridized carbons (Fsp3) is 0.389. The van der Waals surface area contributed by atoms with Crippen LogP contribution in [0.2, 0.25) is 0 Å². The highest BCUT2D eigenvalue weighted by Gasteiger charge is 2.26. The lowest BCUT2D eigenvalue weighted by molar-refractivity contribution is 0.0585. The largest absolute Gasteiger partial charge is 0.443 e. The molecule has 0 saturated carbocycles. The zero-order chi connectivity index (χ0) is 17.7. The van der Waals surface area contributed by atoms with E-state index in [-0.39, 0.29) is 6.54 Å². The zero-order valence-corrected chi connectivity index (χ0v) is 15.4. The van der Waals surface area contributed by atoms with Gasteiger partial charge in [-0.3, -0.25) is 9.88 Å². The van der Waals surface area contributed by atoms with Crippen molar-refractivity contribution in [2.45, 2.75) is 40.2 Å². The van der Waals surface area contributed by atoms with Gasteiger partial charge in [0.05, 0.1) is 12.2 Å². The smallest absolute Gasteiger partial charge is 0.416 e. The molecule has 5 nitrogen and oxygen atoms in total. The summed E-state index contributed by atoms with van der Waals surface area (Å²) in [5.41, 5.74) is 1.12. The minimum Gasteiger partial charge on any atom is -0.443 e. The Morgan fingerprint density at radius 2 is 2.17 bits per heavy atom. The number of hydrogen-bond donors (Lipinski definition) is 0. The first-order valence-corrected chi connectivity index (χ1v) is 8.41. The second kappa shape index (κ2) is 7.45. The van der Waals surface area contributed by atoms with Crippen LogP contribution in [0.4, 0.5) is 9.80 Å². The van der Waals surface area contributed by atoms with Crippen LogP contribution < -0.4 is 4.90 Å². The molecule has 2 heterocycles. The Morgan fingerprint density at radius 1 is 1.42 bits per heavy atom. The number of carbonyl (C=O) groups is 1. The maximum atomic E-state index is 12.6. The van der Waals surface area contributed by atoms with Crippen molar-refractivity contribution in [3.8, 4) is 22.4 Å². The van der Waals surface area contributed by atoms with Crippen LogP contribution in [0.5, 0.6) is 0 Å². The second-order valence-corrected chi connectivity index (χ2v) is 7.12. The molecular weight excluding hydrogens is 322 g/mol. The molecule has 0 aliphatic carbocycles. The second-order valence-electron chi connectivity index (χ2n) is 6.14. The number of amides is 1. The number of aromatic nitrogens is 2. The van der Waals surface area contributed by atoms with Crippen LogP contribution in [0.3, 0.4) is 0 Å². The molecule has 0 unspecified atom stereocenters. The molecule has 0 aliphatic heterocycles. The maximum Gasteiger partial charge on any atom is 0.416 e. The van der Waals surface area contributed by atoms with Crippen molar-refractivity contribution in [1.29, 1.82) is 0 Å². The third-order valence-corrected chi connectivity index (χ3v) is 4.18. The van der Waals surface area contributed by atoms with E-state index >= 15 is 0 Å². The van der Waals surface area contributed by atoms with E-state index in [1.807, 2.05) is 39.8 Å². The van der Waals surface area contributed by atoms with E-state index in [4.69, 9.17) is 4.74 Å². The first-order chi connectivity index (χ1) is 11.3. The maximum absolute atomic E-state index is 12.6. The number of aryl methyl sites for hydroxylation is 1. The highest BCUT2D eigenvalue weighted by Crippen LogP contribution is 2.34. The lowest BCUT2D eigenvalue weighted by atomic mass is 10.2. The van der Waals surface area contributed by atoms with Gasteiger partial charge in [-0.1, -0.05) is 17.3 Å². The molecule has 0 aliphatic rings. The van der Waals surface area contributed by atoms with Gasteiger partial charge < -0.3 is 4.74 Å². The normalized spacial score (nSPS) is 10.7. The molecule has 6 heteroatoms. The highest BCUT2D eigenvalue weighted by molar-refractivity contribution is 7.19. The molecule has 0 bridgehead atoms. The van der Waals surface area contributed by atoms with Crippen LogP contribution in [0.25, 0.3) is 10.6 Å². The Bertz CT molecular complexity index is 767. The van der Waals surface area contributed by atoms with E-state index in [1.165, 1.54) is 16.2 Å². The molecule has 2 rings (SSSR count). The summed E-state index contributed by atoms with van der Waals surface area (Å²) in [6.45, 7) is 9.41. The molecule has 2 aromatic rings. The fourth-order valence-electron chi connectivity index (χ4n) is 1.95. The summed E-state index contributed by atoms with van der Waals surface area (Å²) in [5.74, 6) is 5.75. The topological polar surface area (TPSA) is 55.3 Å². The average Bonchev–Trinajstić information content (AvgIpc) is 2.89. The van der Waals surface area contributed by atoms with E-state index in [2.05, 4.69) is 21.8 Å². The molecule has 0 radical (unpaired) electrons. The molecule has 2 aromatic heterocycles. The summed E-state index contributed by atoms with van der Waals surface area (Å²) >= 11 is 1.43. The predicted octanol–water partition coefficient (Wildman–Crippen LogP) is 4.28. The summed E-state index contributed by atoms with van der Waals surface area (Å²) < 4.78 is 5.51. The SMILES string of the molecule is CC#CCN(C(=O)OC(C)(C)C)c1sc(-c2cccnc2)nc1C. The number of nitrogens with zero attached hydrogens (tertiary/aromatic N) is 3. The van der Waals surface area contributed by atoms with Crippen molar-refractivity contribution in [1.82, 2.24) is 9.97 Å². The van der Waals surface area contributed by atoms with E-state index in [0.717, 1.165) is 21.3 Å². The molecule has 0 atom stereocenters. The first-order valence-electron chi connectivity index (χ1n) is 7.60. The van der Waals surface area contributed by atoms with Gasteiger partial charge in [0.2, 0.25) is 0 Å². The summed E-state index contributed by atoms with van der Waals surface area (Å²) in [5, 5.41) is 1.56. The zero-order valence-electron chi connectivity index (χ0n) is 14.6. The number of thiazole rings is 1. The molecule has 126 valence electrons. The monoisotopic (exact) mass is 343 g/mol. The third kappa shape index (κ3) is 4.56. The number of pyridine rings is 1. The van der Waals surface area contributed by atoms with Crippen molar-refractivity contribution in [2.24, 2.45) is 0 Å². The van der Waals surface area contributed by atoms with Crippen molar-refractivity contribution in [3.63, 3.8) is 0 Å². The minimum absolute atomic E-state index is 0.265. The van der Waals surface area contributed by atoms with Crippen LogP contribution in [0.15, 0.2) is 24.5 Å². The van der Waals surface area contributed by atoms with Gasteiger partial charge in [0, 0.05) is 18.0 Å². The van der Waals surface area contributed by atoms with Crippen molar-refractivity contribution >= 4 is 22.4 Å². The van der Waals surface area contributed by atoms with Gasteiger partial charge in [0.1, 0.15) is 15.6 Å². The van der Waals surface area contributed by atoms with E-state index in [1.54, 1.807) is 19.3 Å². The Morgan fingerprint density at radius 3 is 2.75 bits per heavy atom. The van der Waals surface area contributed by atoms with Crippen molar-refractivity contribution in [3.05, 3.63) is 30.2 Å². The van der Waals surface area contributed by atoms with Crippen LogP contribution in [0.1, 0.15) is 33.4 Å². The van der Waals surface area contributed by atoms with Crippen LogP contribution in [0, 0.1) is 18.8 Å². The minimum atomic E-state index is -0.570. The molecule has 0 saturated heterocycles. The van der Waals surface area contributed by atoms with E-state index in [9.17, 15) is 4.79 Å². The first kappa shape index (κ1) is 18.0. The van der Waals surface area contributed by atoms with Crippen molar-refractivity contribution < 1.29 is 9.53 Å². The van der Waals surface area contributed by atoms with Gasteiger partial charge >= 0.3 is 6.09 Å². The summed E-state index contributed by atoms with van der Waals surface area (Å²) in [6, 6.07) is 3.80. The lowest BCUT2D eigenvalue weighted by Crippen LogP contribution is -2.37. The van der Waals surface area contributed by atoms with Gasteiger partial charge in [0.25, 0.3) is 0 Å². The number of carbonyl (C=O) groups excluding carboxylic acids is 1. The summed E-state index contributed by atoms with van der Waals surface area (Å²) in [7, 11) is 0. The summed E-state index contributed by atoms with van der Waals surface area (Å²) in [4.78, 5) is 22.8. The standard InChI is InChI=1S/C18H21N3O2S/c1-6-7-11-21(17(22)23-18(3,4)5)16-13(2)20-15(24-16)14-9-8-10-19-12-14/h8-10,12H,11H2,1-5H3. The van der Waals surface area contributed by atoms with Crippen LogP contribution in [-0.2, 0) is 4.74 Å². The van der Waals surface area contributed by atoms with Crippen molar-refractivity contribution in [2.75, 3.05) is 11.4 Å². The number of rotatable bonds is 3. The Kier molecular flexibility index (Phi) is 5.58. The predicted molar refractivity (Wildman–Crippen MR) is 97.1 cm³/mol. The van der Waals surface area contributed by atoms with E-state index in [0.29, 0.717) is 0 Å². The van der Waals surface area contributed by atoms with E-state index < -0.39 is 11.7 Å². The molecular formula is C18H21N3O2S. The molecule has 0 fully saturated rings. The average molecular weight is 343 g/mol. The number of anilines is 1. The molecule has 1 amide bonds. The quantitative estimate of drug-likeness (QED) is 0.781. The number of ether oxygens (including phenoxy) is 1. The third-order valence-electron chi connectivity index (χ3n) is 2.95. The molecule has 0 spiro atoms. The lowest BCUT2D eigenvalue weighted by Gasteiger charge is -2.25. The van der Waals surface area contributed by atoms with Crippen LogP contribution >= 0.6 is 11.3 Å². The molecule has 0 aromatic carbocycles. The Balaban J connectivity index is 2.37. The molecule has 24 heavy (non-hydrogen) atoms. The summed E-state index contributed by atoms with van der Waals surface area (Å²) in [6.07, 6.45) is 3.05. The van der Waals surface area contributed by atoms with Crippen LogP contribution in [-0.4, -0.2) is 28.2 Å². The van der Waals surface area contributed by atoms with Gasteiger partial charge in [-0.05, 0) is 46.8 Å². The van der Waals surface area contributed by atoms with Gasteiger partial charge in [-0.25, -0.2) is 9.78 Å². The Hall–Kier alpha value is -2.39. The van der Waals surface area contributed by atoms with Gasteiger partial charge in [0.15, 0.2) is 0 Å². The molecule has 0 N–H and O–H groups in total. The fourth-order valence-corrected chi connectivity index (χ4v) is 2.99.